The van der Waals surface area contributed by atoms with E-state index in [1.807, 2.05) is 54.3 Å². The average molecular weight is 475 g/mol. The van der Waals surface area contributed by atoms with Crippen LogP contribution in [0.15, 0.2) is 42.5 Å². The minimum atomic E-state index is -0.246. The van der Waals surface area contributed by atoms with Crippen LogP contribution in [0.3, 0.4) is 0 Å². The van der Waals surface area contributed by atoms with Gasteiger partial charge in [0, 0.05) is 31.7 Å². The lowest BCUT2D eigenvalue weighted by atomic mass is 9.95. The number of rotatable bonds is 5. The summed E-state index contributed by atoms with van der Waals surface area (Å²) < 4.78 is 0. The fourth-order valence-corrected chi connectivity index (χ4v) is 5.54. The standard InChI is InChI=1S/C28H34N4O3/c1-20-9-3-4-10-22(20)18-29-26(33)19-32-25-17-21(27(34)30-14-6-2-7-15-30)12-13-23(25)31-16-8-5-11-24(31)28(32)35/h3-4,9-10,12-13,17,24H,2,5-8,11,14-16,18-19H2,1H3,(H,29,33)/t24-/m1/s1. The molecule has 2 fully saturated rings. The Morgan fingerprint density at radius 2 is 1.71 bits per heavy atom. The molecule has 0 radical (unpaired) electrons. The predicted octanol–water partition coefficient (Wildman–Crippen LogP) is 3.64. The first-order valence-electron chi connectivity index (χ1n) is 12.9. The van der Waals surface area contributed by atoms with Crippen LogP contribution in [0.4, 0.5) is 11.4 Å². The Morgan fingerprint density at radius 1 is 0.943 bits per heavy atom. The molecule has 3 amide bonds. The molecule has 0 aromatic heterocycles. The second-order valence-electron chi connectivity index (χ2n) is 9.89. The van der Waals surface area contributed by atoms with E-state index in [-0.39, 0.29) is 30.3 Å². The summed E-state index contributed by atoms with van der Waals surface area (Å²) in [5, 5.41) is 2.98. The first kappa shape index (κ1) is 23.4. The number of anilines is 2. The maximum Gasteiger partial charge on any atom is 0.253 e. The number of likely N-dealkylation sites (tertiary alicyclic amines) is 1. The molecule has 1 atom stereocenters. The predicted molar refractivity (Wildman–Crippen MR) is 137 cm³/mol. The number of benzene rings is 2. The van der Waals surface area contributed by atoms with Gasteiger partial charge >= 0.3 is 0 Å². The smallest absolute Gasteiger partial charge is 0.253 e. The summed E-state index contributed by atoms with van der Waals surface area (Å²) in [6.45, 7) is 4.75. The molecule has 2 aromatic carbocycles. The summed E-state index contributed by atoms with van der Waals surface area (Å²) in [6.07, 6.45) is 6.03. The second kappa shape index (κ2) is 10.1. The van der Waals surface area contributed by atoms with Crippen molar-refractivity contribution in [2.24, 2.45) is 0 Å². The molecule has 3 aliphatic rings. The number of carbonyl (C=O) groups excluding carboxylic acids is 3. The largest absolute Gasteiger partial charge is 0.358 e. The molecule has 7 nitrogen and oxygen atoms in total. The monoisotopic (exact) mass is 474 g/mol. The number of fused-ring (bicyclic) bond motifs is 3. The Balaban J connectivity index is 1.40. The lowest BCUT2D eigenvalue weighted by Gasteiger charge is -2.45. The number of hydrogen-bond donors (Lipinski definition) is 1. The van der Waals surface area contributed by atoms with Crippen molar-refractivity contribution >= 4 is 29.1 Å². The molecule has 0 unspecified atom stereocenters. The van der Waals surface area contributed by atoms with Gasteiger partial charge in [-0.05, 0) is 74.8 Å². The van der Waals surface area contributed by atoms with Gasteiger partial charge in [0.2, 0.25) is 11.8 Å². The lowest BCUT2D eigenvalue weighted by molar-refractivity contribution is -0.125. The number of aryl methyl sites for hydroxylation is 1. The van der Waals surface area contributed by atoms with Gasteiger partial charge in [-0.3, -0.25) is 19.3 Å². The fraction of sp³-hybridized carbons (Fsp3) is 0.464. The third kappa shape index (κ3) is 4.77. The molecule has 0 bridgehead atoms. The Bertz CT molecular complexity index is 1120. The molecule has 1 N–H and O–H groups in total. The van der Waals surface area contributed by atoms with E-state index >= 15 is 0 Å². The molecule has 2 aromatic rings. The molecule has 2 saturated heterocycles. The molecule has 184 valence electrons. The highest BCUT2D eigenvalue weighted by Crippen LogP contribution is 2.40. The minimum absolute atomic E-state index is 0.00432. The summed E-state index contributed by atoms with van der Waals surface area (Å²) in [6, 6.07) is 13.4. The first-order valence-corrected chi connectivity index (χ1v) is 12.9. The molecular weight excluding hydrogens is 440 g/mol. The van der Waals surface area contributed by atoms with Crippen LogP contribution in [0, 0.1) is 6.92 Å². The highest BCUT2D eigenvalue weighted by molar-refractivity contribution is 6.09. The van der Waals surface area contributed by atoms with Gasteiger partial charge in [-0.25, -0.2) is 0 Å². The van der Waals surface area contributed by atoms with Crippen molar-refractivity contribution in [2.75, 3.05) is 36.0 Å². The molecule has 0 aliphatic carbocycles. The van der Waals surface area contributed by atoms with Gasteiger partial charge < -0.3 is 15.1 Å². The lowest BCUT2D eigenvalue weighted by Crippen LogP contribution is -2.57. The van der Waals surface area contributed by atoms with Crippen molar-refractivity contribution in [3.8, 4) is 0 Å². The Kier molecular flexibility index (Phi) is 6.75. The second-order valence-corrected chi connectivity index (χ2v) is 9.89. The molecule has 3 aliphatic heterocycles. The first-order chi connectivity index (χ1) is 17.0. The highest BCUT2D eigenvalue weighted by atomic mass is 16.2. The average Bonchev–Trinajstić information content (AvgIpc) is 2.90. The van der Waals surface area contributed by atoms with Crippen LogP contribution in [-0.4, -0.2) is 54.8 Å². The number of carbonyl (C=O) groups is 3. The molecule has 5 rings (SSSR count). The van der Waals surface area contributed by atoms with Crippen molar-refractivity contribution < 1.29 is 14.4 Å². The van der Waals surface area contributed by atoms with Gasteiger partial charge in [-0.1, -0.05) is 24.3 Å². The Hall–Kier alpha value is -3.35. The van der Waals surface area contributed by atoms with Gasteiger partial charge in [0.25, 0.3) is 5.91 Å². The van der Waals surface area contributed by atoms with E-state index in [1.165, 1.54) is 0 Å². The molecule has 35 heavy (non-hydrogen) atoms. The normalized spacial score (nSPS) is 19.7. The minimum Gasteiger partial charge on any atom is -0.358 e. The van der Waals surface area contributed by atoms with Crippen LogP contribution in [0.25, 0.3) is 0 Å². The topological polar surface area (TPSA) is 73.0 Å². The van der Waals surface area contributed by atoms with Gasteiger partial charge in [-0.15, -0.1) is 0 Å². The van der Waals surface area contributed by atoms with Crippen LogP contribution >= 0.6 is 0 Å². The van der Waals surface area contributed by atoms with Crippen LogP contribution in [0.5, 0.6) is 0 Å². The summed E-state index contributed by atoms with van der Waals surface area (Å²) in [5.41, 5.74) is 4.36. The summed E-state index contributed by atoms with van der Waals surface area (Å²) in [7, 11) is 0. The number of hydrogen-bond acceptors (Lipinski definition) is 4. The number of nitrogens with one attached hydrogen (secondary N) is 1. The molecule has 0 saturated carbocycles. The molecular formula is C28H34N4O3. The van der Waals surface area contributed by atoms with Crippen molar-refractivity contribution in [1.82, 2.24) is 10.2 Å². The van der Waals surface area contributed by atoms with Crippen LogP contribution in [0.1, 0.15) is 60.0 Å². The van der Waals surface area contributed by atoms with E-state index in [9.17, 15) is 14.4 Å². The maximum atomic E-state index is 13.6. The van der Waals surface area contributed by atoms with E-state index in [1.54, 1.807) is 4.90 Å². The van der Waals surface area contributed by atoms with E-state index in [2.05, 4.69) is 10.2 Å². The van der Waals surface area contributed by atoms with E-state index < -0.39 is 0 Å². The van der Waals surface area contributed by atoms with E-state index in [0.29, 0.717) is 17.8 Å². The van der Waals surface area contributed by atoms with Crippen LogP contribution < -0.4 is 15.1 Å². The van der Waals surface area contributed by atoms with Crippen molar-refractivity contribution in [2.45, 2.75) is 58.0 Å². The van der Waals surface area contributed by atoms with Crippen LogP contribution in [0.2, 0.25) is 0 Å². The quantitative estimate of drug-likeness (QED) is 0.718. The molecule has 7 heteroatoms. The molecule has 3 heterocycles. The zero-order chi connectivity index (χ0) is 24.4. The number of piperidine rings is 2. The third-order valence-corrected chi connectivity index (χ3v) is 7.56. The maximum absolute atomic E-state index is 13.6. The summed E-state index contributed by atoms with van der Waals surface area (Å²) in [4.78, 5) is 45.4. The summed E-state index contributed by atoms with van der Waals surface area (Å²) >= 11 is 0. The van der Waals surface area contributed by atoms with Crippen molar-refractivity contribution in [3.63, 3.8) is 0 Å². The van der Waals surface area contributed by atoms with Crippen molar-refractivity contribution in [1.29, 1.82) is 0 Å². The number of nitrogens with zero attached hydrogens (tertiary/aromatic N) is 3. The fourth-order valence-electron chi connectivity index (χ4n) is 5.54. The van der Waals surface area contributed by atoms with Gasteiger partial charge in [0.05, 0.1) is 11.4 Å². The Morgan fingerprint density at radius 3 is 2.51 bits per heavy atom. The summed E-state index contributed by atoms with van der Waals surface area (Å²) in [5.74, 6) is -0.250. The Labute approximate surface area is 207 Å². The zero-order valence-corrected chi connectivity index (χ0v) is 20.5. The molecule has 0 spiro atoms. The van der Waals surface area contributed by atoms with Crippen molar-refractivity contribution in [3.05, 3.63) is 59.2 Å². The highest BCUT2D eigenvalue weighted by Gasteiger charge is 2.40. The van der Waals surface area contributed by atoms with Gasteiger partial charge in [0.15, 0.2) is 0 Å². The third-order valence-electron chi connectivity index (χ3n) is 7.56. The zero-order valence-electron chi connectivity index (χ0n) is 20.5. The van der Waals surface area contributed by atoms with Gasteiger partial charge in [-0.2, -0.15) is 0 Å². The van der Waals surface area contributed by atoms with E-state index in [4.69, 9.17) is 0 Å². The SMILES string of the molecule is Cc1ccccc1CNC(=O)CN1C(=O)[C@H]2CCCCN2c2ccc(C(=O)N3CCCCC3)cc21. The number of amides is 3. The van der Waals surface area contributed by atoms with Gasteiger partial charge in [0.1, 0.15) is 12.6 Å². The van der Waals surface area contributed by atoms with Crippen LogP contribution in [-0.2, 0) is 16.1 Å². The van der Waals surface area contributed by atoms with E-state index in [0.717, 1.165) is 75.0 Å².